The highest BCUT2D eigenvalue weighted by Crippen LogP contribution is 2.66. The Hall–Kier alpha value is -0.690. The molecule has 6 heteroatoms. The van der Waals surface area contributed by atoms with Gasteiger partial charge in [0, 0.05) is 0 Å². The fourth-order valence-electron chi connectivity index (χ4n) is 8.82. The van der Waals surface area contributed by atoms with Gasteiger partial charge in [0.2, 0.25) is 0 Å². The SMILES string of the molecule is CC[C@H](C)[C@@H](O)[C@H](O)[C@@H](C)[C@H]1CC[C@H]2[C@@H]3COC(=O)[C@H]4C[C@H](O)[C@H](O)C[C@]4(C)[C@H]3CC[C@]12C. The van der Waals surface area contributed by atoms with Gasteiger partial charge in [0.05, 0.1) is 36.9 Å². The number of carbonyl (C=O) groups excluding carboxylic acids is 1. The normalized spacial score (nSPS) is 49.0. The lowest BCUT2D eigenvalue weighted by molar-refractivity contribution is -0.162. The second kappa shape index (κ2) is 9.07. The Morgan fingerprint density at radius 1 is 1.00 bits per heavy atom. The summed E-state index contributed by atoms with van der Waals surface area (Å²) in [4.78, 5) is 13.0. The molecule has 3 aliphatic carbocycles. The maximum atomic E-state index is 13.0. The molecule has 190 valence electrons. The number of hydrogen-bond donors (Lipinski definition) is 4. The lowest BCUT2D eigenvalue weighted by atomic mass is 9.48. The maximum Gasteiger partial charge on any atom is 0.309 e. The van der Waals surface area contributed by atoms with E-state index < -0.39 is 24.4 Å². The second-order valence-corrected chi connectivity index (χ2v) is 12.6. The highest BCUT2D eigenvalue weighted by atomic mass is 16.5. The van der Waals surface area contributed by atoms with Crippen LogP contribution in [0.2, 0.25) is 0 Å². The lowest BCUT2D eigenvalue weighted by Crippen LogP contribution is -2.55. The Kier molecular flexibility index (Phi) is 6.98. The Bertz CT molecular complexity index is 727. The molecule has 1 aliphatic heterocycles. The van der Waals surface area contributed by atoms with Gasteiger partial charge in [-0.15, -0.1) is 0 Å². The van der Waals surface area contributed by atoms with Crippen LogP contribution in [0.4, 0.5) is 0 Å². The quantitative estimate of drug-likeness (QED) is 0.464. The van der Waals surface area contributed by atoms with Crippen LogP contribution >= 0.6 is 0 Å². The van der Waals surface area contributed by atoms with Crippen LogP contribution in [-0.2, 0) is 9.53 Å². The van der Waals surface area contributed by atoms with Crippen LogP contribution in [-0.4, -0.2) is 57.4 Å². The summed E-state index contributed by atoms with van der Waals surface area (Å²) in [7, 11) is 0. The number of cyclic esters (lactones) is 1. The van der Waals surface area contributed by atoms with Gasteiger partial charge < -0.3 is 25.2 Å². The third-order valence-corrected chi connectivity index (χ3v) is 11.2. The molecular weight excluding hydrogens is 420 g/mol. The molecular formula is C27H46O6. The zero-order valence-corrected chi connectivity index (χ0v) is 21.1. The second-order valence-electron chi connectivity index (χ2n) is 12.6. The number of fused-ring (bicyclic) bond motifs is 5. The van der Waals surface area contributed by atoms with E-state index in [1.165, 1.54) is 0 Å². The van der Waals surface area contributed by atoms with Gasteiger partial charge in [0.25, 0.3) is 0 Å². The predicted octanol–water partition coefficient (Wildman–Crippen LogP) is 3.14. The standard InChI is InChI=1S/C27H46O6/c1-6-14(2)23(30)24(31)15(3)17-7-8-18-16-13-33-25(32)20-11-21(28)22(29)12-27(20,5)19(16)9-10-26(17,18)4/h14-24,28-31H,6-13H2,1-5H3/t14-,15-,16-,17+,18-,19-,20+,21-,22+,23+,24+,26+,27+/m0/s1. The van der Waals surface area contributed by atoms with E-state index in [9.17, 15) is 25.2 Å². The molecule has 13 atom stereocenters. The van der Waals surface area contributed by atoms with Gasteiger partial charge in [0.1, 0.15) is 0 Å². The highest BCUT2D eigenvalue weighted by Gasteiger charge is 2.63. The van der Waals surface area contributed by atoms with Gasteiger partial charge >= 0.3 is 5.97 Å². The molecule has 4 aliphatic rings. The predicted molar refractivity (Wildman–Crippen MR) is 125 cm³/mol. The molecule has 3 saturated carbocycles. The molecule has 0 bridgehead atoms. The van der Waals surface area contributed by atoms with Crippen molar-refractivity contribution in [1.82, 2.24) is 0 Å². The summed E-state index contributed by atoms with van der Waals surface area (Å²) in [5.41, 5.74) is -0.333. The summed E-state index contributed by atoms with van der Waals surface area (Å²) < 4.78 is 5.85. The Morgan fingerprint density at radius 3 is 2.33 bits per heavy atom. The number of rotatable bonds is 5. The van der Waals surface area contributed by atoms with Crippen LogP contribution in [0.1, 0.15) is 79.6 Å². The van der Waals surface area contributed by atoms with Gasteiger partial charge in [-0.05, 0) is 84.9 Å². The Balaban J connectivity index is 1.59. The first-order chi connectivity index (χ1) is 15.5. The van der Waals surface area contributed by atoms with Crippen LogP contribution in [0.25, 0.3) is 0 Å². The van der Waals surface area contributed by atoms with E-state index in [1.54, 1.807) is 0 Å². The molecule has 0 radical (unpaired) electrons. The number of carbonyl (C=O) groups is 1. The largest absolute Gasteiger partial charge is 0.465 e. The third-order valence-electron chi connectivity index (χ3n) is 11.2. The molecule has 0 aromatic carbocycles. The zero-order valence-electron chi connectivity index (χ0n) is 21.1. The summed E-state index contributed by atoms with van der Waals surface area (Å²) in [6, 6.07) is 0. The molecule has 1 heterocycles. The molecule has 4 rings (SSSR count). The average molecular weight is 467 g/mol. The summed E-state index contributed by atoms with van der Waals surface area (Å²) >= 11 is 0. The van der Waals surface area contributed by atoms with Crippen molar-refractivity contribution in [2.75, 3.05) is 6.61 Å². The van der Waals surface area contributed by atoms with E-state index in [2.05, 4.69) is 20.8 Å². The minimum atomic E-state index is -0.865. The highest BCUT2D eigenvalue weighted by molar-refractivity contribution is 5.74. The average Bonchev–Trinajstić information content (AvgIpc) is 3.09. The van der Waals surface area contributed by atoms with Crippen LogP contribution in [0, 0.1) is 52.3 Å². The minimum absolute atomic E-state index is 0.00358. The molecule has 0 amide bonds. The van der Waals surface area contributed by atoms with E-state index in [1.807, 2.05) is 13.8 Å². The van der Waals surface area contributed by atoms with E-state index in [4.69, 9.17) is 4.74 Å². The summed E-state index contributed by atoms with van der Waals surface area (Å²) in [6.07, 6.45) is 2.51. The van der Waals surface area contributed by atoms with Crippen molar-refractivity contribution < 1.29 is 30.0 Å². The number of aliphatic hydroxyl groups excluding tert-OH is 4. The molecule has 0 spiro atoms. The summed E-state index contributed by atoms with van der Waals surface area (Å²) in [6.45, 7) is 11.1. The zero-order chi connectivity index (χ0) is 24.3. The van der Waals surface area contributed by atoms with Gasteiger partial charge in [-0.3, -0.25) is 4.79 Å². The van der Waals surface area contributed by atoms with Crippen molar-refractivity contribution in [3.8, 4) is 0 Å². The van der Waals surface area contributed by atoms with Crippen LogP contribution in [0.3, 0.4) is 0 Å². The van der Waals surface area contributed by atoms with E-state index in [0.29, 0.717) is 24.9 Å². The van der Waals surface area contributed by atoms with Gasteiger partial charge in [0.15, 0.2) is 0 Å². The smallest absolute Gasteiger partial charge is 0.309 e. The monoisotopic (exact) mass is 466 g/mol. The fourth-order valence-corrected chi connectivity index (χ4v) is 8.82. The molecule has 6 nitrogen and oxygen atoms in total. The molecule has 33 heavy (non-hydrogen) atoms. The molecule has 0 unspecified atom stereocenters. The summed E-state index contributed by atoms with van der Waals surface area (Å²) in [5, 5.41) is 42.6. The first-order valence-corrected chi connectivity index (χ1v) is 13.3. The summed E-state index contributed by atoms with van der Waals surface area (Å²) in [5.74, 6) is 0.715. The van der Waals surface area contributed by atoms with Crippen LogP contribution < -0.4 is 0 Å². The van der Waals surface area contributed by atoms with Crippen LogP contribution in [0.5, 0.6) is 0 Å². The van der Waals surface area contributed by atoms with Crippen molar-refractivity contribution in [3.63, 3.8) is 0 Å². The van der Waals surface area contributed by atoms with E-state index >= 15 is 0 Å². The van der Waals surface area contributed by atoms with Crippen molar-refractivity contribution in [2.24, 2.45) is 52.3 Å². The minimum Gasteiger partial charge on any atom is -0.465 e. The molecule has 4 fully saturated rings. The first-order valence-electron chi connectivity index (χ1n) is 13.3. The Morgan fingerprint density at radius 2 is 1.67 bits per heavy atom. The molecule has 4 N–H and O–H groups in total. The van der Waals surface area contributed by atoms with Crippen molar-refractivity contribution in [2.45, 2.75) is 104 Å². The van der Waals surface area contributed by atoms with Gasteiger partial charge in [-0.25, -0.2) is 0 Å². The van der Waals surface area contributed by atoms with Crippen molar-refractivity contribution >= 4 is 5.97 Å². The molecule has 1 saturated heterocycles. The third kappa shape index (κ3) is 3.97. The number of esters is 1. The van der Waals surface area contributed by atoms with Crippen LogP contribution in [0.15, 0.2) is 0 Å². The Labute approximate surface area is 199 Å². The first kappa shape index (κ1) is 25.4. The molecule has 0 aromatic rings. The fraction of sp³-hybridized carbons (Fsp3) is 0.963. The van der Waals surface area contributed by atoms with E-state index in [-0.39, 0.29) is 52.8 Å². The maximum absolute atomic E-state index is 13.0. The topological polar surface area (TPSA) is 107 Å². The van der Waals surface area contributed by atoms with Crippen molar-refractivity contribution in [3.05, 3.63) is 0 Å². The number of aliphatic hydroxyl groups is 4. The van der Waals surface area contributed by atoms with Gasteiger partial charge in [-0.2, -0.15) is 0 Å². The number of ether oxygens (including phenoxy) is 1. The lowest BCUT2D eigenvalue weighted by Gasteiger charge is -2.56. The molecule has 0 aromatic heterocycles. The van der Waals surface area contributed by atoms with Crippen molar-refractivity contribution in [1.29, 1.82) is 0 Å². The number of hydrogen-bond acceptors (Lipinski definition) is 6. The van der Waals surface area contributed by atoms with Gasteiger partial charge in [-0.1, -0.05) is 41.0 Å². The van der Waals surface area contributed by atoms with E-state index in [0.717, 1.165) is 32.1 Å².